The fourth-order valence-electron chi connectivity index (χ4n) is 6.27. The summed E-state index contributed by atoms with van der Waals surface area (Å²) < 4.78 is 29.8. The Morgan fingerprint density at radius 2 is 1.77 bits per heavy atom. The van der Waals surface area contributed by atoms with E-state index in [9.17, 15) is 18.0 Å². The first-order chi connectivity index (χ1) is 20.3. The molecule has 2 aliphatic heterocycles. The number of nitrogens with zero attached hydrogens (tertiary/aromatic N) is 5. The molecule has 0 radical (unpaired) electrons. The number of benzene rings is 1. The zero-order valence-electron chi connectivity index (χ0n) is 26.8. The fourth-order valence-corrected chi connectivity index (χ4v) is 7.29. The summed E-state index contributed by atoms with van der Waals surface area (Å²) in [5, 5.41) is 7.86. The van der Waals surface area contributed by atoms with Gasteiger partial charge in [0.2, 0.25) is 21.8 Å². The second kappa shape index (κ2) is 13.5. The lowest BCUT2D eigenvalue weighted by Gasteiger charge is -2.52. The molecular weight excluding hydrogens is 566 g/mol. The molecule has 0 saturated carbocycles. The van der Waals surface area contributed by atoms with Crippen molar-refractivity contribution in [1.82, 2.24) is 34.5 Å². The summed E-state index contributed by atoms with van der Waals surface area (Å²) in [4.78, 5) is 33.3. The third-order valence-electron chi connectivity index (χ3n) is 8.71. The van der Waals surface area contributed by atoms with Crippen LogP contribution in [0.15, 0.2) is 29.2 Å². The number of likely N-dealkylation sites (N-methyl/N-ethyl adjacent to an activating group) is 1. The summed E-state index contributed by atoms with van der Waals surface area (Å²) in [6, 6.07) is 6.34. The zero-order chi connectivity index (χ0) is 31.5. The van der Waals surface area contributed by atoms with Crippen molar-refractivity contribution in [3.63, 3.8) is 0 Å². The van der Waals surface area contributed by atoms with Crippen LogP contribution in [0.5, 0.6) is 0 Å². The van der Waals surface area contributed by atoms with Crippen LogP contribution >= 0.6 is 0 Å². The number of aryl methyl sites for hydroxylation is 1. The Morgan fingerprint density at radius 3 is 2.35 bits per heavy atom. The molecule has 0 aliphatic carbocycles. The minimum absolute atomic E-state index is 0.00982. The lowest BCUT2D eigenvalue weighted by molar-refractivity contribution is -0.161. The first-order valence-corrected chi connectivity index (χ1v) is 16.9. The fraction of sp³-hybridized carbons (Fsp3) is 0.645. The highest BCUT2D eigenvalue weighted by Crippen LogP contribution is 2.35. The Hall–Kier alpha value is -2.80. The van der Waals surface area contributed by atoms with Crippen LogP contribution in [-0.4, -0.2) is 103 Å². The molecule has 1 spiro atoms. The van der Waals surface area contributed by atoms with Crippen LogP contribution in [0, 0.1) is 19.8 Å². The van der Waals surface area contributed by atoms with Gasteiger partial charge in [-0.05, 0) is 83.8 Å². The zero-order valence-corrected chi connectivity index (χ0v) is 27.6. The van der Waals surface area contributed by atoms with Crippen molar-refractivity contribution < 1.29 is 18.0 Å². The Morgan fingerprint density at radius 1 is 1.12 bits per heavy atom. The molecule has 238 valence electrons. The predicted molar refractivity (Wildman–Crippen MR) is 167 cm³/mol. The summed E-state index contributed by atoms with van der Waals surface area (Å²) in [7, 11) is 0.206. The Bertz CT molecular complexity index is 1390. The van der Waals surface area contributed by atoms with Crippen LogP contribution in [0.4, 0.5) is 0 Å². The van der Waals surface area contributed by atoms with Crippen LogP contribution in [0.25, 0.3) is 5.69 Å². The highest BCUT2D eigenvalue weighted by Gasteiger charge is 2.53. The van der Waals surface area contributed by atoms with Crippen molar-refractivity contribution in [2.24, 2.45) is 5.92 Å². The minimum Gasteiger partial charge on any atom is -0.342 e. The largest absolute Gasteiger partial charge is 0.342 e. The maximum Gasteiger partial charge on any atom is 0.246 e. The van der Waals surface area contributed by atoms with Crippen molar-refractivity contribution in [3.8, 4) is 5.69 Å². The van der Waals surface area contributed by atoms with E-state index < -0.39 is 21.6 Å². The van der Waals surface area contributed by atoms with E-state index in [2.05, 4.69) is 35.7 Å². The molecule has 12 heteroatoms. The predicted octanol–water partition coefficient (Wildman–Crippen LogP) is 2.45. The van der Waals surface area contributed by atoms with Gasteiger partial charge in [-0.2, -0.15) is 5.10 Å². The number of amides is 2. The number of hydrogen-bond acceptors (Lipinski definition) is 7. The van der Waals surface area contributed by atoms with E-state index >= 15 is 0 Å². The quantitative estimate of drug-likeness (QED) is 0.377. The summed E-state index contributed by atoms with van der Waals surface area (Å²) in [5.74, 6) is 0.367. The van der Waals surface area contributed by atoms with E-state index in [0.29, 0.717) is 64.4 Å². The number of piperazine rings is 1. The molecule has 2 N–H and O–H groups in total. The summed E-state index contributed by atoms with van der Waals surface area (Å²) in [6.45, 7) is 13.9. The molecule has 2 fully saturated rings. The van der Waals surface area contributed by atoms with E-state index in [1.807, 2.05) is 42.4 Å². The van der Waals surface area contributed by atoms with Gasteiger partial charge in [0.15, 0.2) is 0 Å². The van der Waals surface area contributed by atoms with Gasteiger partial charge in [0.05, 0.1) is 16.3 Å². The lowest BCUT2D eigenvalue weighted by Crippen LogP contribution is -2.73. The van der Waals surface area contributed by atoms with Gasteiger partial charge in [-0.3, -0.25) is 14.5 Å². The lowest BCUT2D eigenvalue weighted by atomic mass is 9.80. The molecule has 1 aromatic carbocycles. The average Bonchev–Trinajstić information content (AvgIpc) is 3.23. The molecular formula is C31H49N7O4S. The number of piperidine rings is 1. The molecule has 11 nitrogen and oxygen atoms in total. The van der Waals surface area contributed by atoms with Gasteiger partial charge >= 0.3 is 0 Å². The Labute approximate surface area is 257 Å². The number of likely N-dealkylation sites (tertiary alicyclic amines) is 1. The monoisotopic (exact) mass is 615 g/mol. The van der Waals surface area contributed by atoms with E-state index in [4.69, 9.17) is 5.10 Å². The Balaban J connectivity index is 1.45. The van der Waals surface area contributed by atoms with Gasteiger partial charge in [0.1, 0.15) is 11.6 Å². The van der Waals surface area contributed by atoms with Gasteiger partial charge in [-0.15, -0.1) is 0 Å². The maximum absolute atomic E-state index is 13.5. The molecule has 1 aromatic heterocycles. The number of carbonyl (C=O) groups is 2. The molecule has 1 atom stereocenters. The molecule has 3 heterocycles. The second-order valence-electron chi connectivity index (χ2n) is 12.7. The number of aromatic nitrogens is 2. The number of rotatable bonds is 12. The topological polar surface area (TPSA) is 120 Å². The van der Waals surface area contributed by atoms with E-state index in [0.717, 1.165) is 29.1 Å². The number of nitrogens with one attached hydrogen (secondary N) is 2. The molecule has 2 saturated heterocycles. The Kier molecular flexibility index (Phi) is 10.4. The molecule has 4 rings (SSSR count). The summed E-state index contributed by atoms with van der Waals surface area (Å²) in [6.07, 6.45) is 2.67. The average molecular weight is 616 g/mol. The van der Waals surface area contributed by atoms with Crippen LogP contribution in [0.1, 0.15) is 63.4 Å². The normalized spacial score (nSPS) is 19.6. The van der Waals surface area contributed by atoms with Crippen molar-refractivity contribution in [2.45, 2.75) is 83.3 Å². The van der Waals surface area contributed by atoms with Crippen molar-refractivity contribution >= 4 is 21.8 Å². The molecule has 2 aliphatic rings. The molecule has 2 amide bonds. The third kappa shape index (κ3) is 7.13. The van der Waals surface area contributed by atoms with Crippen LogP contribution in [0.2, 0.25) is 0 Å². The SMILES string of the molecule is CCCN1C(=O)[C@H](CC(C)C)NC(=O)C12CCN(Cc1c(C)nn(-c3ccc(S(=O)(=O)NCCN(C)C)cc3)c1C)CC2. The molecule has 43 heavy (non-hydrogen) atoms. The second-order valence-corrected chi connectivity index (χ2v) is 14.5. The van der Waals surface area contributed by atoms with Crippen LogP contribution < -0.4 is 10.0 Å². The van der Waals surface area contributed by atoms with Crippen molar-refractivity contribution in [1.29, 1.82) is 0 Å². The summed E-state index contributed by atoms with van der Waals surface area (Å²) >= 11 is 0. The molecule has 0 unspecified atom stereocenters. The summed E-state index contributed by atoms with van der Waals surface area (Å²) in [5.41, 5.74) is 3.03. The van der Waals surface area contributed by atoms with E-state index in [-0.39, 0.29) is 16.7 Å². The van der Waals surface area contributed by atoms with Gasteiger partial charge in [-0.25, -0.2) is 17.8 Å². The molecule has 0 bridgehead atoms. The third-order valence-corrected chi connectivity index (χ3v) is 10.2. The van der Waals surface area contributed by atoms with Gasteiger partial charge in [-0.1, -0.05) is 20.8 Å². The smallest absolute Gasteiger partial charge is 0.246 e. The number of hydrogen-bond donors (Lipinski definition) is 2. The van der Waals surface area contributed by atoms with Gasteiger partial charge in [0, 0.05) is 50.5 Å². The number of sulfonamides is 1. The maximum atomic E-state index is 13.5. The number of carbonyl (C=O) groups excluding carboxylic acids is 2. The molecule has 2 aromatic rings. The van der Waals surface area contributed by atoms with E-state index in [1.54, 1.807) is 24.3 Å². The van der Waals surface area contributed by atoms with Gasteiger partial charge < -0.3 is 15.1 Å². The minimum atomic E-state index is -3.59. The van der Waals surface area contributed by atoms with Gasteiger partial charge in [0.25, 0.3) is 0 Å². The van der Waals surface area contributed by atoms with Crippen LogP contribution in [-0.2, 0) is 26.2 Å². The first-order valence-electron chi connectivity index (χ1n) is 15.4. The van der Waals surface area contributed by atoms with Crippen molar-refractivity contribution in [2.75, 3.05) is 46.8 Å². The standard InChI is InChI=1S/C31H49N7O4S/c1-8-16-37-29(39)28(20-22(2)3)33-30(40)31(37)13-17-36(18-14-31)21-27-23(4)34-38(24(27)5)25-9-11-26(12-10-25)43(41,42)32-15-19-35(6)7/h9-12,22,28,32H,8,13-21H2,1-7H3,(H,33,40)/t28-/m0/s1. The highest BCUT2D eigenvalue weighted by atomic mass is 32.2. The highest BCUT2D eigenvalue weighted by molar-refractivity contribution is 7.89. The van der Waals surface area contributed by atoms with Crippen LogP contribution in [0.3, 0.4) is 0 Å². The van der Waals surface area contributed by atoms with E-state index in [1.165, 1.54) is 0 Å². The van der Waals surface area contributed by atoms with Crippen molar-refractivity contribution in [3.05, 3.63) is 41.2 Å². The first kappa shape index (κ1) is 33.1.